The molecule has 0 nitrogen and oxygen atoms in total. The van der Waals surface area contributed by atoms with Gasteiger partial charge in [0.2, 0.25) is 0 Å². The predicted octanol–water partition coefficient (Wildman–Crippen LogP) is 14.0. The number of allylic oxidation sites excluding steroid dienone is 2. The van der Waals surface area contributed by atoms with Crippen molar-refractivity contribution in [3.8, 4) is 22.3 Å². The number of fused-ring (bicyclic) bond motifs is 2. The van der Waals surface area contributed by atoms with Crippen LogP contribution >= 0.6 is 0 Å². The van der Waals surface area contributed by atoms with Crippen LogP contribution in [0.5, 0.6) is 0 Å². The number of hydrogen-bond acceptors (Lipinski definition) is 0. The first-order valence-electron chi connectivity index (χ1n) is 19.0. The molecule has 7 rings (SSSR count). The molecule has 3 aliphatic rings. The Labute approximate surface area is 298 Å². The van der Waals surface area contributed by atoms with Gasteiger partial charge >= 0.3 is 300 Å². The molecule has 0 aromatic heterocycles. The summed E-state index contributed by atoms with van der Waals surface area (Å²) in [5.74, 6) is 0. The summed E-state index contributed by atoms with van der Waals surface area (Å²) in [5.41, 5.74) is 17.5. The van der Waals surface area contributed by atoms with Gasteiger partial charge in [0.05, 0.1) is 0 Å². The second-order valence-electron chi connectivity index (χ2n) is 18.6. The Morgan fingerprint density at radius 2 is 0.959 bits per heavy atom. The van der Waals surface area contributed by atoms with Crippen molar-refractivity contribution in [1.29, 1.82) is 0 Å². The molecule has 0 heterocycles. The van der Waals surface area contributed by atoms with Gasteiger partial charge in [-0.2, -0.15) is 0 Å². The Hall–Kier alpha value is -2.90. The summed E-state index contributed by atoms with van der Waals surface area (Å²) < 4.78 is 8.70. The minimum atomic E-state index is -4.03. The first-order chi connectivity index (χ1) is 23.1. The van der Waals surface area contributed by atoms with Crippen LogP contribution in [-0.2, 0) is 28.8 Å². The molecule has 0 aliphatic heterocycles. The molecular formula is C48H58Hf. The number of aryl methyl sites for hydroxylation is 2. The molecule has 0 bridgehead atoms. The SMILES string of the molecule is Cc1cc(C(C)(C)C)ccc1-c1cccc2c1C=C[CH]2[Hf]([CH3])([CH3])(=[C]1CCCCC1)[CH]1C=Cc2c(-c3ccc(C(C)(C)C)cc3C)cccc21. The van der Waals surface area contributed by atoms with Crippen molar-refractivity contribution < 1.29 is 18.0 Å². The topological polar surface area (TPSA) is 0 Å². The first-order valence-corrected chi connectivity index (χ1v) is 32.1. The monoisotopic (exact) mass is 814 g/mol. The van der Waals surface area contributed by atoms with Crippen LogP contribution in [-0.4, -0.2) is 3.26 Å². The van der Waals surface area contributed by atoms with Gasteiger partial charge in [-0.3, -0.25) is 0 Å². The van der Waals surface area contributed by atoms with Gasteiger partial charge in [-0.25, -0.2) is 0 Å². The minimum absolute atomic E-state index is 0.148. The summed E-state index contributed by atoms with van der Waals surface area (Å²) in [6.45, 7) is 18.5. The van der Waals surface area contributed by atoms with Gasteiger partial charge in [-0.15, -0.1) is 0 Å². The van der Waals surface area contributed by atoms with Gasteiger partial charge in [-0.1, -0.05) is 0 Å². The molecule has 0 N–H and O–H groups in total. The Bertz CT molecular complexity index is 1950. The van der Waals surface area contributed by atoms with E-state index in [-0.39, 0.29) is 10.8 Å². The average Bonchev–Trinajstić information content (AvgIpc) is 3.71. The van der Waals surface area contributed by atoms with Crippen LogP contribution in [0.15, 0.2) is 84.9 Å². The molecule has 0 saturated heterocycles. The normalized spacial score (nSPS) is 19.4. The third-order valence-corrected chi connectivity index (χ3v) is 40.3. The van der Waals surface area contributed by atoms with Crippen molar-refractivity contribution in [1.82, 2.24) is 0 Å². The number of benzene rings is 4. The van der Waals surface area contributed by atoms with E-state index in [0.29, 0.717) is 7.35 Å². The van der Waals surface area contributed by atoms with Crippen LogP contribution in [0.2, 0.25) is 9.36 Å². The van der Waals surface area contributed by atoms with E-state index in [4.69, 9.17) is 0 Å². The molecule has 0 spiro atoms. The fraction of sp³-hybridized carbons (Fsp3) is 0.396. The third-order valence-electron chi connectivity index (χ3n) is 13.1. The molecule has 49 heavy (non-hydrogen) atoms. The van der Waals surface area contributed by atoms with Gasteiger partial charge < -0.3 is 0 Å². The van der Waals surface area contributed by atoms with E-state index in [1.165, 1.54) is 87.7 Å². The summed E-state index contributed by atoms with van der Waals surface area (Å²) >= 11 is -4.03. The summed E-state index contributed by atoms with van der Waals surface area (Å²) in [5, 5.41) is 0. The van der Waals surface area contributed by atoms with E-state index < -0.39 is 18.0 Å². The third kappa shape index (κ3) is 5.71. The molecule has 1 saturated carbocycles. The van der Waals surface area contributed by atoms with Gasteiger partial charge in [0.15, 0.2) is 0 Å². The van der Waals surface area contributed by atoms with Crippen LogP contribution in [0.1, 0.15) is 126 Å². The molecule has 1 fully saturated rings. The summed E-state index contributed by atoms with van der Waals surface area (Å²) in [6, 6.07) is 28.8. The van der Waals surface area contributed by atoms with E-state index in [9.17, 15) is 0 Å². The second-order valence-corrected chi connectivity index (χ2v) is 44.4. The molecule has 0 amide bonds. The fourth-order valence-corrected chi connectivity index (χ4v) is 35.1. The van der Waals surface area contributed by atoms with Crippen LogP contribution in [0.4, 0.5) is 0 Å². The van der Waals surface area contributed by atoms with Crippen LogP contribution in [0.3, 0.4) is 0 Å². The average molecular weight is 813 g/mol. The van der Waals surface area contributed by atoms with Crippen molar-refractivity contribution in [2.24, 2.45) is 0 Å². The molecule has 2 atom stereocenters. The maximum absolute atomic E-state index is 4.03. The predicted molar refractivity (Wildman–Crippen MR) is 214 cm³/mol. The Morgan fingerprint density at radius 3 is 1.35 bits per heavy atom. The molecule has 1 heteroatoms. The molecule has 4 aromatic carbocycles. The van der Waals surface area contributed by atoms with Crippen molar-refractivity contribution in [3.63, 3.8) is 0 Å². The summed E-state index contributed by atoms with van der Waals surface area (Å²) in [6.07, 6.45) is 17.1. The number of rotatable bonds is 4. The summed E-state index contributed by atoms with van der Waals surface area (Å²) in [4.78, 5) is 0. The fourth-order valence-electron chi connectivity index (χ4n) is 9.96. The zero-order chi connectivity index (χ0) is 35.0. The Kier molecular flexibility index (Phi) is 8.54. The summed E-state index contributed by atoms with van der Waals surface area (Å²) in [7, 11) is 0. The number of hydrogen-bond donors (Lipinski definition) is 0. The molecular weight excluding hydrogens is 755 g/mol. The molecule has 254 valence electrons. The van der Waals surface area contributed by atoms with E-state index in [0.717, 1.165) is 0 Å². The maximum atomic E-state index is 2.86. The molecule has 4 aromatic rings. The van der Waals surface area contributed by atoms with E-state index in [1.807, 2.05) is 3.26 Å². The van der Waals surface area contributed by atoms with Crippen molar-refractivity contribution in [2.75, 3.05) is 0 Å². The van der Waals surface area contributed by atoms with Gasteiger partial charge in [0.1, 0.15) is 0 Å². The van der Waals surface area contributed by atoms with Crippen LogP contribution in [0, 0.1) is 13.8 Å². The molecule has 3 aliphatic carbocycles. The van der Waals surface area contributed by atoms with Crippen LogP contribution < -0.4 is 0 Å². The quantitative estimate of drug-likeness (QED) is 0.180. The van der Waals surface area contributed by atoms with Crippen molar-refractivity contribution >= 4 is 15.4 Å². The molecule has 2 unspecified atom stereocenters. The van der Waals surface area contributed by atoms with E-state index in [1.54, 1.807) is 11.1 Å². The van der Waals surface area contributed by atoms with Gasteiger partial charge in [0.25, 0.3) is 0 Å². The van der Waals surface area contributed by atoms with Gasteiger partial charge in [0, 0.05) is 0 Å². The van der Waals surface area contributed by atoms with Crippen molar-refractivity contribution in [3.05, 3.63) is 129 Å². The Morgan fingerprint density at radius 1 is 0.531 bits per heavy atom. The van der Waals surface area contributed by atoms with Gasteiger partial charge in [-0.05, 0) is 0 Å². The van der Waals surface area contributed by atoms with E-state index in [2.05, 4.69) is 162 Å². The standard InChI is InChI=1S/2C20H21.C6H10.2CH3.Hf/c2*1-14-13-16(20(2,3)4)11-12-17(14)19-10-6-8-15-7-5-9-18(15)19;1-2-4-6-5-3-1;;;/h2*5-13H,1-4H3;1-5H2;2*1H3;. The molecule has 0 radical (unpaired) electrons. The zero-order valence-corrected chi connectivity index (χ0v) is 35.5. The zero-order valence-electron chi connectivity index (χ0n) is 31.9. The van der Waals surface area contributed by atoms with Crippen molar-refractivity contribution in [2.45, 2.75) is 115 Å². The first kappa shape index (κ1) is 34.5. The Balaban J connectivity index is 1.37. The van der Waals surface area contributed by atoms with E-state index >= 15 is 0 Å². The van der Waals surface area contributed by atoms with Crippen LogP contribution in [0.25, 0.3) is 34.4 Å². The second kappa shape index (κ2) is 12.1.